The zero-order valence-corrected chi connectivity index (χ0v) is 11.2. The highest BCUT2D eigenvalue weighted by molar-refractivity contribution is 5.78. The molecule has 1 aliphatic heterocycles. The van der Waals surface area contributed by atoms with Crippen molar-refractivity contribution in [2.24, 2.45) is 5.41 Å². The maximum absolute atomic E-state index is 12.0. The standard InChI is InChI=1S/C15H22N2O/c1-15(2)11-16-9-8-13(15)17-14(18)10-12-6-4-3-5-7-12/h3-7,13,16H,8-11H2,1-2H3,(H,17,18). The summed E-state index contributed by atoms with van der Waals surface area (Å²) in [5.41, 5.74) is 1.20. The highest BCUT2D eigenvalue weighted by Gasteiger charge is 2.32. The quantitative estimate of drug-likeness (QED) is 0.853. The van der Waals surface area contributed by atoms with Gasteiger partial charge in [-0.25, -0.2) is 0 Å². The molecule has 0 aliphatic carbocycles. The number of piperidine rings is 1. The van der Waals surface area contributed by atoms with Gasteiger partial charge in [0.1, 0.15) is 0 Å². The molecule has 0 spiro atoms. The van der Waals surface area contributed by atoms with Gasteiger partial charge in [-0.3, -0.25) is 4.79 Å². The van der Waals surface area contributed by atoms with Crippen LogP contribution in [0.15, 0.2) is 30.3 Å². The van der Waals surface area contributed by atoms with E-state index >= 15 is 0 Å². The van der Waals surface area contributed by atoms with Crippen LogP contribution >= 0.6 is 0 Å². The van der Waals surface area contributed by atoms with E-state index < -0.39 is 0 Å². The monoisotopic (exact) mass is 246 g/mol. The van der Waals surface area contributed by atoms with E-state index in [2.05, 4.69) is 24.5 Å². The van der Waals surface area contributed by atoms with Crippen LogP contribution in [-0.2, 0) is 11.2 Å². The van der Waals surface area contributed by atoms with E-state index in [1.807, 2.05) is 30.3 Å². The van der Waals surface area contributed by atoms with Crippen molar-refractivity contribution in [3.8, 4) is 0 Å². The molecule has 2 rings (SSSR count). The highest BCUT2D eigenvalue weighted by atomic mass is 16.1. The second-order valence-corrected chi connectivity index (χ2v) is 5.74. The minimum atomic E-state index is 0.126. The maximum Gasteiger partial charge on any atom is 0.224 e. The number of nitrogens with one attached hydrogen (secondary N) is 2. The first-order chi connectivity index (χ1) is 8.58. The lowest BCUT2D eigenvalue weighted by atomic mass is 9.80. The highest BCUT2D eigenvalue weighted by Crippen LogP contribution is 2.24. The fraction of sp³-hybridized carbons (Fsp3) is 0.533. The molecule has 0 radical (unpaired) electrons. The van der Waals surface area contributed by atoms with Gasteiger partial charge in [0.2, 0.25) is 5.91 Å². The van der Waals surface area contributed by atoms with Gasteiger partial charge in [0.15, 0.2) is 0 Å². The first-order valence-corrected chi connectivity index (χ1v) is 6.62. The summed E-state index contributed by atoms with van der Waals surface area (Å²) in [4.78, 5) is 12.0. The fourth-order valence-corrected chi connectivity index (χ4v) is 2.47. The van der Waals surface area contributed by atoms with Gasteiger partial charge in [0.05, 0.1) is 6.42 Å². The molecule has 1 aromatic carbocycles. The van der Waals surface area contributed by atoms with Gasteiger partial charge < -0.3 is 10.6 Å². The minimum Gasteiger partial charge on any atom is -0.352 e. The van der Waals surface area contributed by atoms with Crippen molar-refractivity contribution in [3.63, 3.8) is 0 Å². The minimum absolute atomic E-state index is 0.126. The van der Waals surface area contributed by atoms with Crippen LogP contribution in [0.1, 0.15) is 25.8 Å². The molecule has 1 heterocycles. The number of rotatable bonds is 3. The first kappa shape index (κ1) is 13.1. The van der Waals surface area contributed by atoms with E-state index in [-0.39, 0.29) is 17.4 Å². The van der Waals surface area contributed by atoms with Crippen molar-refractivity contribution in [1.82, 2.24) is 10.6 Å². The Balaban J connectivity index is 1.91. The van der Waals surface area contributed by atoms with Crippen molar-refractivity contribution in [2.45, 2.75) is 32.7 Å². The Morgan fingerprint density at radius 2 is 2.11 bits per heavy atom. The fourth-order valence-electron chi connectivity index (χ4n) is 2.47. The SMILES string of the molecule is CC1(C)CNCCC1NC(=O)Cc1ccccc1. The number of hydrogen-bond donors (Lipinski definition) is 2. The lowest BCUT2D eigenvalue weighted by Crippen LogP contribution is -2.54. The molecule has 0 saturated carbocycles. The number of amides is 1. The van der Waals surface area contributed by atoms with Crippen LogP contribution in [0.25, 0.3) is 0 Å². The number of carbonyl (C=O) groups excluding carboxylic acids is 1. The first-order valence-electron chi connectivity index (χ1n) is 6.62. The number of carbonyl (C=O) groups is 1. The van der Waals surface area contributed by atoms with Crippen molar-refractivity contribution in [1.29, 1.82) is 0 Å². The van der Waals surface area contributed by atoms with Gasteiger partial charge in [0, 0.05) is 12.6 Å². The molecule has 18 heavy (non-hydrogen) atoms. The molecule has 1 saturated heterocycles. The summed E-state index contributed by atoms with van der Waals surface area (Å²) in [6.07, 6.45) is 1.48. The molecule has 1 aromatic rings. The van der Waals surface area contributed by atoms with Crippen molar-refractivity contribution >= 4 is 5.91 Å². The third-order valence-corrected chi connectivity index (χ3v) is 3.68. The second kappa shape index (κ2) is 5.53. The molecule has 2 N–H and O–H groups in total. The van der Waals surface area contributed by atoms with Gasteiger partial charge >= 0.3 is 0 Å². The molecule has 1 aliphatic rings. The summed E-state index contributed by atoms with van der Waals surface area (Å²) in [6, 6.07) is 10.2. The Hall–Kier alpha value is -1.35. The number of hydrogen-bond acceptors (Lipinski definition) is 2. The van der Waals surface area contributed by atoms with Gasteiger partial charge in [-0.05, 0) is 23.9 Å². The summed E-state index contributed by atoms with van der Waals surface area (Å²) in [5, 5.41) is 6.56. The van der Waals surface area contributed by atoms with E-state index in [9.17, 15) is 4.79 Å². The average Bonchev–Trinajstić information content (AvgIpc) is 2.33. The van der Waals surface area contributed by atoms with Crippen molar-refractivity contribution in [2.75, 3.05) is 13.1 Å². The molecule has 0 bridgehead atoms. The third kappa shape index (κ3) is 3.33. The van der Waals surface area contributed by atoms with E-state index in [4.69, 9.17) is 0 Å². The van der Waals surface area contributed by atoms with Gasteiger partial charge in [0.25, 0.3) is 0 Å². The molecule has 1 atom stereocenters. The van der Waals surface area contributed by atoms with Crippen LogP contribution in [0.3, 0.4) is 0 Å². The van der Waals surface area contributed by atoms with Crippen LogP contribution in [-0.4, -0.2) is 25.0 Å². The molecule has 0 aromatic heterocycles. The van der Waals surface area contributed by atoms with Gasteiger partial charge in [-0.2, -0.15) is 0 Å². The van der Waals surface area contributed by atoms with Crippen molar-refractivity contribution in [3.05, 3.63) is 35.9 Å². The summed E-state index contributed by atoms with van der Waals surface area (Å²) in [6.45, 7) is 6.35. The Kier molecular flexibility index (Phi) is 4.02. The van der Waals surface area contributed by atoms with Crippen LogP contribution in [0.4, 0.5) is 0 Å². The Labute approximate surface area is 109 Å². The Bertz CT molecular complexity index is 400. The summed E-state index contributed by atoms with van der Waals surface area (Å²) >= 11 is 0. The molecule has 3 heteroatoms. The maximum atomic E-state index is 12.0. The van der Waals surface area contributed by atoms with E-state index in [0.717, 1.165) is 25.1 Å². The van der Waals surface area contributed by atoms with Crippen molar-refractivity contribution < 1.29 is 4.79 Å². The van der Waals surface area contributed by atoms with E-state index in [1.165, 1.54) is 0 Å². The summed E-state index contributed by atoms with van der Waals surface area (Å²) in [5.74, 6) is 0.126. The molecular weight excluding hydrogens is 224 g/mol. The lowest BCUT2D eigenvalue weighted by Gasteiger charge is -2.39. The molecule has 98 valence electrons. The van der Waals surface area contributed by atoms with Gasteiger partial charge in [-0.15, -0.1) is 0 Å². The summed E-state index contributed by atoms with van der Waals surface area (Å²) in [7, 11) is 0. The molecule has 3 nitrogen and oxygen atoms in total. The largest absolute Gasteiger partial charge is 0.352 e. The lowest BCUT2D eigenvalue weighted by molar-refractivity contribution is -0.122. The molecule has 1 amide bonds. The molecular formula is C15H22N2O. The zero-order chi connectivity index (χ0) is 13.0. The van der Waals surface area contributed by atoms with Crippen LogP contribution in [0.2, 0.25) is 0 Å². The predicted molar refractivity (Wildman–Crippen MR) is 73.3 cm³/mol. The molecule has 1 unspecified atom stereocenters. The van der Waals surface area contributed by atoms with Crippen LogP contribution < -0.4 is 10.6 Å². The summed E-state index contributed by atoms with van der Waals surface area (Å²) < 4.78 is 0. The smallest absolute Gasteiger partial charge is 0.224 e. The van der Waals surface area contributed by atoms with E-state index in [1.54, 1.807) is 0 Å². The van der Waals surface area contributed by atoms with Gasteiger partial charge in [-0.1, -0.05) is 44.2 Å². The topological polar surface area (TPSA) is 41.1 Å². The zero-order valence-electron chi connectivity index (χ0n) is 11.2. The second-order valence-electron chi connectivity index (χ2n) is 5.74. The van der Waals surface area contributed by atoms with Crippen LogP contribution in [0.5, 0.6) is 0 Å². The average molecular weight is 246 g/mol. The normalized spacial score (nSPS) is 22.4. The van der Waals surface area contributed by atoms with Crippen LogP contribution in [0, 0.1) is 5.41 Å². The number of benzene rings is 1. The Morgan fingerprint density at radius 3 is 2.78 bits per heavy atom. The predicted octanol–water partition coefficient (Wildman–Crippen LogP) is 1.73. The van der Waals surface area contributed by atoms with E-state index in [0.29, 0.717) is 6.42 Å². The third-order valence-electron chi connectivity index (χ3n) is 3.68. The Morgan fingerprint density at radius 1 is 1.39 bits per heavy atom. The molecule has 1 fully saturated rings.